The Morgan fingerprint density at radius 3 is 1.56 bits per heavy atom. The number of rotatable bonds is 3. The highest BCUT2D eigenvalue weighted by molar-refractivity contribution is 5.04. The van der Waals surface area contributed by atoms with Gasteiger partial charge in [0.25, 0.3) is 0 Å². The van der Waals surface area contributed by atoms with Crippen molar-refractivity contribution in [2.24, 2.45) is 0 Å². The van der Waals surface area contributed by atoms with Crippen LogP contribution in [-0.2, 0) is 0 Å². The first-order valence-corrected chi connectivity index (χ1v) is 3.47. The summed E-state index contributed by atoms with van der Waals surface area (Å²) in [5, 5.41) is 39.2. The Morgan fingerprint density at radius 1 is 0.875 bits per heavy atom. The average molecular weight is 228 g/mol. The molecule has 2 aromatic heterocycles. The van der Waals surface area contributed by atoms with Crippen LogP contribution in [0.25, 0.3) is 0 Å². The first-order chi connectivity index (χ1) is 7.61. The Kier molecular flexibility index (Phi) is 1.93. The van der Waals surface area contributed by atoms with Crippen LogP contribution >= 0.6 is 0 Å². The fraction of sp³-hybridized carbons (Fsp3) is 0. The predicted molar refractivity (Wildman–Crippen MR) is 39.7 cm³/mol. The molecule has 0 unspecified atom stereocenters. The van der Waals surface area contributed by atoms with Crippen molar-refractivity contribution in [3.05, 3.63) is 20.2 Å². The van der Waals surface area contributed by atoms with Crippen molar-refractivity contribution in [2.45, 2.75) is 0 Å². The summed E-state index contributed by atoms with van der Waals surface area (Å²) in [6.45, 7) is 0. The van der Waals surface area contributed by atoms with Crippen molar-refractivity contribution >= 4 is 11.9 Å². The fourth-order valence-corrected chi connectivity index (χ4v) is 0.820. The summed E-state index contributed by atoms with van der Waals surface area (Å²) in [5.41, 5.74) is 0. The van der Waals surface area contributed by atoms with Crippen molar-refractivity contribution in [1.29, 1.82) is 0 Å². The van der Waals surface area contributed by atoms with Gasteiger partial charge in [-0.2, -0.15) is 0 Å². The molecule has 0 aliphatic heterocycles. The van der Waals surface area contributed by atoms with Gasteiger partial charge in [0.15, 0.2) is 0 Å². The quantitative estimate of drug-likeness (QED) is 0.413. The molecule has 0 N–H and O–H groups in total. The van der Waals surface area contributed by atoms with E-state index in [1.165, 1.54) is 0 Å². The molecule has 2 aromatic rings. The Bertz CT molecular complexity index is 502. The first kappa shape index (κ1) is 9.49. The van der Waals surface area contributed by atoms with Gasteiger partial charge in [0.1, 0.15) is 0 Å². The van der Waals surface area contributed by atoms with Crippen molar-refractivity contribution in [1.82, 2.24) is 40.6 Å². The van der Waals surface area contributed by atoms with Crippen molar-refractivity contribution in [2.75, 3.05) is 0 Å². The zero-order valence-electron chi connectivity index (χ0n) is 7.11. The summed E-state index contributed by atoms with van der Waals surface area (Å²) in [7, 11) is 0. The second-order valence-electron chi connectivity index (χ2n) is 2.25. The Morgan fingerprint density at radius 2 is 1.25 bits per heavy atom. The molecular formula is C2N10O4. The zero-order chi connectivity index (χ0) is 11.7. The molecule has 0 saturated carbocycles. The number of hydrogen-bond acceptors (Lipinski definition) is 10. The molecule has 2 heterocycles. The van der Waals surface area contributed by atoms with E-state index in [0.29, 0.717) is 9.58 Å². The van der Waals surface area contributed by atoms with E-state index in [1.54, 1.807) is 0 Å². The molecule has 0 atom stereocenters. The lowest BCUT2D eigenvalue weighted by atomic mass is 11.0. The van der Waals surface area contributed by atoms with E-state index in [0.717, 1.165) is 0 Å². The van der Waals surface area contributed by atoms with Crippen LogP contribution in [0.4, 0.5) is 11.9 Å². The number of hydrogen-bond donors (Lipinski definition) is 0. The fourth-order valence-electron chi connectivity index (χ4n) is 0.820. The van der Waals surface area contributed by atoms with E-state index in [-0.39, 0.29) is 0 Å². The molecule has 0 aliphatic rings. The minimum atomic E-state index is -0.939. The van der Waals surface area contributed by atoms with Gasteiger partial charge in [-0.15, -0.1) is 0 Å². The maximum Gasteiger partial charge on any atom is 0.516 e. The van der Waals surface area contributed by atoms with Crippen LogP contribution < -0.4 is 0 Å². The van der Waals surface area contributed by atoms with Gasteiger partial charge in [-0.1, -0.05) is 0 Å². The SMILES string of the molecule is O=[N+]([O-])c1nnnn1-n1nnnc1[N+](=O)[O-]. The molecule has 14 nitrogen and oxygen atoms in total. The van der Waals surface area contributed by atoms with Gasteiger partial charge in [-0.3, -0.25) is 0 Å². The largest absolute Gasteiger partial charge is 0.516 e. The maximum absolute atomic E-state index is 10.4. The zero-order valence-corrected chi connectivity index (χ0v) is 7.11. The molecule has 0 fully saturated rings. The van der Waals surface area contributed by atoms with Crippen LogP contribution in [0.3, 0.4) is 0 Å². The topological polar surface area (TPSA) is 173 Å². The van der Waals surface area contributed by atoms with Crippen LogP contribution in [0.5, 0.6) is 0 Å². The lowest BCUT2D eigenvalue weighted by Gasteiger charge is -1.92. The molecule has 0 spiro atoms. The van der Waals surface area contributed by atoms with E-state index in [2.05, 4.69) is 31.1 Å². The highest BCUT2D eigenvalue weighted by Crippen LogP contribution is 2.08. The summed E-state index contributed by atoms with van der Waals surface area (Å²) in [4.78, 5) is 19.8. The lowest BCUT2D eigenvalue weighted by molar-refractivity contribution is -0.406. The Labute approximate surface area is 83.7 Å². The predicted octanol–water partition coefficient (Wildman–Crippen LogP) is -2.21. The summed E-state index contributed by atoms with van der Waals surface area (Å²) < 4.78 is 0. The molecule has 14 heteroatoms. The average Bonchev–Trinajstić information content (AvgIpc) is 2.85. The van der Waals surface area contributed by atoms with Crippen LogP contribution in [0.15, 0.2) is 0 Å². The van der Waals surface area contributed by atoms with Gasteiger partial charge in [0.05, 0.1) is 40.6 Å². The van der Waals surface area contributed by atoms with E-state index in [9.17, 15) is 20.2 Å². The standard InChI is InChI=1S/C2N10O4/c13-11(14)1-3-5-7-9(1)10-2(12(15)16)4-6-8-10. The number of aromatic nitrogens is 8. The van der Waals surface area contributed by atoms with Gasteiger partial charge in [-0.05, 0) is 9.85 Å². The summed E-state index contributed by atoms with van der Waals surface area (Å²) in [5.74, 6) is -1.70. The normalized spacial score (nSPS) is 10.2. The highest BCUT2D eigenvalue weighted by Gasteiger charge is 2.31. The monoisotopic (exact) mass is 228 g/mol. The van der Waals surface area contributed by atoms with Crippen LogP contribution in [0.1, 0.15) is 0 Å². The smallest absolute Gasteiger partial charge is 0.390 e. The maximum atomic E-state index is 10.4. The summed E-state index contributed by atoms with van der Waals surface area (Å²) in [6, 6.07) is 0. The molecule has 0 aliphatic carbocycles. The molecule has 0 amide bonds. The van der Waals surface area contributed by atoms with Gasteiger partial charge in [0.2, 0.25) is 0 Å². The summed E-state index contributed by atoms with van der Waals surface area (Å²) in [6.07, 6.45) is 0. The van der Waals surface area contributed by atoms with Crippen molar-refractivity contribution in [3.8, 4) is 0 Å². The van der Waals surface area contributed by atoms with Crippen molar-refractivity contribution < 1.29 is 9.85 Å². The minimum Gasteiger partial charge on any atom is -0.390 e. The summed E-state index contributed by atoms with van der Waals surface area (Å²) >= 11 is 0. The molecule has 82 valence electrons. The molecule has 2 rings (SSSR count). The van der Waals surface area contributed by atoms with Crippen LogP contribution in [-0.4, -0.2) is 50.5 Å². The van der Waals surface area contributed by atoms with Gasteiger partial charge in [-0.25, -0.2) is 0 Å². The number of nitrogens with zero attached hydrogens (tertiary/aromatic N) is 10. The van der Waals surface area contributed by atoms with E-state index in [4.69, 9.17) is 0 Å². The van der Waals surface area contributed by atoms with Gasteiger partial charge in [0, 0.05) is 0 Å². The molecule has 16 heavy (non-hydrogen) atoms. The second kappa shape index (κ2) is 3.26. The van der Waals surface area contributed by atoms with E-state index < -0.39 is 21.7 Å². The highest BCUT2D eigenvalue weighted by atomic mass is 16.6. The molecule has 0 radical (unpaired) electrons. The molecule has 0 saturated heterocycles. The van der Waals surface area contributed by atoms with E-state index in [1.807, 2.05) is 0 Å². The van der Waals surface area contributed by atoms with E-state index >= 15 is 0 Å². The second-order valence-corrected chi connectivity index (χ2v) is 2.25. The van der Waals surface area contributed by atoms with Crippen LogP contribution in [0.2, 0.25) is 0 Å². The first-order valence-electron chi connectivity index (χ1n) is 3.47. The third-order valence-corrected chi connectivity index (χ3v) is 1.38. The van der Waals surface area contributed by atoms with Crippen molar-refractivity contribution in [3.63, 3.8) is 0 Å². The van der Waals surface area contributed by atoms with Crippen LogP contribution in [0, 0.1) is 20.2 Å². The molecule has 0 aromatic carbocycles. The minimum absolute atomic E-state index is 0.387. The molecular weight excluding hydrogens is 228 g/mol. The Hall–Kier alpha value is -3.06. The Balaban J connectivity index is 2.59. The van der Waals surface area contributed by atoms with Gasteiger partial charge >= 0.3 is 11.9 Å². The lowest BCUT2D eigenvalue weighted by Crippen LogP contribution is -2.18. The number of nitro groups is 2. The number of tetrazole rings is 2. The third-order valence-electron chi connectivity index (χ3n) is 1.38. The third kappa shape index (κ3) is 1.29. The molecule has 0 bridgehead atoms. The van der Waals surface area contributed by atoms with Gasteiger partial charge < -0.3 is 20.2 Å².